The van der Waals surface area contributed by atoms with Gasteiger partial charge in [0.05, 0.1) is 25.7 Å². The average Bonchev–Trinajstić information content (AvgIpc) is 2.27. The van der Waals surface area contributed by atoms with Crippen LogP contribution in [0.3, 0.4) is 0 Å². The van der Waals surface area contributed by atoms with Crippen LogP contribution in [0, 0.1) is 11.3 Å². The van der Waals surface area contributed by atoms with Crippen LogP contribution in [0.4, 0.5) is 0 Å². The second-order valence-corrected chi connectivity index (χ2v) is 4.94. The van der Waals surface area contributed by atoms with Crippen LogP contribution in [0.25, 0.3) is 0 Å². The molecule has 15 heavy (non-hydrogen) atoms. The van der Waals surface area contributed by atoms with Crippen molar-refractivity contribution in [2.24, 2.45) is 11.3 Å². The van der Waals surface area contributed by atoms with E-state index in [1.807, 2.05) is 7.05 Å². The minimum atomic E-state index is -0.782. The van der Waals surface area contributed by atoms with Crippen LogP contribution < -0.4 is 5.32 Å². The minimum absolute atomic E-state index is 0.0552. The van der Waals surface area contributed by atoms with Crippen molar-refractivity contribution in [3.05, 3.63) is 0 Å². The third-order valence-corrected chi connectivity index (χ3v) is 3.31. The van der Waals surface area contributed by atoms with E-state index in [1.165, 1.54) is 0 Å². The van der Waals surface area contributed by atoms with E-state index in [-0.39, 0.29) is 11.3 Å². The summed E-state index contributed by atoms with van der Waals surface area (Å²) < 4.78 is 17.4. The molecule has 3 aliphatic rings. The lowest BCUT2D eigenvalue weighted by Gasteiger charge is -2.53. The summed E-state index contributed by atoms with van der Waals surface area (Å²) in [5.74, 6) is -0.525. The Balaban J connectivity index is 2.07. The zero-order valence-electron chi connectivity index (χ0n) is 9.84. The zero-order chi connectivity index (χ0) is 10.9. The van der Waals surface area contributed by atoms with Crippen molar-refractivity contribution in [1.29, 1.82) is 0 Å². The first-order valence-corrected chi connectivity index (χ1v) is 5.70. The van der Waals surface area contributed by atoms with Crippen molar-refractivity contribution in [3.8, 4) is 0 Å². The van der Waals surface area contributed by atoms with Crippen LogP contribution in [-0.4, -0.2) is 39.4 Å². The predicted octanol–water partition coefficient (Wildman–Crippen LogP) is 0.969. The summed E-state index contributed by atoms with van der Waals surface area (Å²) in [5.41, 5.74) is 0.0552. The van der Waals surface area contributed by atoms with Gasteiger partial charge in [-0.3, -0.25) is 0 Å². The first-order chi connectivity index (χ1) is 7.14. The normalized spacial score (nSPS) is 41.8. The van der Waals surface area contributed by atoms with Crippen LogP contribution in [0.5, 0.6) is 0 Å². The summed E-state index contributed by atoms with van der Waals surface area (Å²) in [6.45, 7) is 7.35. The average molecular weight is 215 g/mol. The summed E-state index contributed by atoms with van der Waals surface area (Å²) in [7, 11) is 1.94. The van der Waals surface area contributed by atoms with Crippen LogP contribution in [-0.2, 0) is 14.2 Å². The van der Waals surface area contributed by atoms with Gasteiger partial charge in [0.1, 0.15) is 0 Å². The maximum absolute atomic E-state index is 5.79. The molecular formula is C11H21NO3. The van der Waals surface area contributed by atoms with Gasteiger partial charge in [-0.15, -0.1) is 0 Å². The number of ether oxygens (including phenoxy) is 3. The molecule has 3 aliphatic heterocycles. The quantitative estimate of drug-likeness (QED) is 0.758. The molecule has 0 aliphatic carbocycles. The Kier molecular flexibility index (Phi) is 3.03. The van der Waals surface area contributed by atoms with Crippen LogP contribution in [0.1, 0.15) is 20.3 Å². The van der Waals surface area contributed by atoms with Gasteiger partial charge < -0.3 is 19.5 Å². The van der Waals surface area contributed by atoms with E-state index in [9.17, 15) is 0 Å². The highest BCUT2D eigenvalue weighted by molar-refractivity contribution is 4.88. The monoisotopic (exact) mass is 215 g/mol. The van der Waals surface area contributed by atoms with E-state index in [4.69, 9.17) is 14.2 Å². The first-order valence-electron chi connectivity index (χ1n) is 5.70. The maximum Gasteiger partial charge on any atom is 0.287 e. The lowest BCUT2D eigenvalue weighted by molar-refractivity contribution is -0.483. The smallest absolute Gasteiger partial charge is 0.287 e. The zero-order valence-corrected chi connectivity index (χ0v) is 9.84. The number of hydrogen-bond donors (Lipinski definition) is 1. The van der Waals surface area contributed by atoms with Crippen molar-refractivity contribution < 1.29 is 14.2 Å². The fourth-order valence-corrected chi connectivity index (χ4v) is 2.19. The summed E-state index contributed by atoms with van der Waals surface area (Å²) in [6, 6.07) is 0. The van der Waals surface area contributed by atoms with Crippen molar-refractivity contribution in [1.82, 2.24) is 5.32 Å². The molecule has 1 unspecified atom stereocenters. The lowest BCUT2D eigenvalue weighted by atomic mass is 9.89. The van der Waals surface area contributed by atoms with Gasteiger partial charge in [-0.2, -0.15) is 0 Å². The molecule has 0 saturated carbocycles. The Morgan fingerprint density at radius 3 is 2.13 bits per heavy atom. The van der Waals surface area contributed by atoms with Gasteiger partial charge in [0, 0.05) is 12.0 Å². The molecule has 3 rings (SSSR count). The molecule has 4 nitrogen and oxygen atoms in total. The summed E-state index contributed by atoms with van der Waals surface area (Å²) in [4.78, 5) is 0. The molecule has 88 valence electrons. The van der Waals surface area contributed by atoms with Gasteiger partial charge in [0.2, 0.25) is 0 Å². The molecule has 0 amide bonds. The largest absolute Gasteiger partial charge is 0.326 e. The van der Waals surface area contributed by atoms with E-state index in [0.29, 0.717) is 0 Å². The Bertz CT molecular complexity index is 207. The van der Waals surface area contributed by atoms with Crippen molar-refractivity contribution in [2.45, 2.75) is 26.2 Å². The minimum Gasteiger partial charge on any atom is -0.326 e. The van der Waals surface area contributed by atoms with Gasteiger partial charge >= 0.3 is 0 Å². The van der Waals surface area contributed by atoms with Gasteiger partial charge in [-0.25, -0.2) is 0 Å². The van der Waals surface area contributed by atoms with Gasteiger partial charge in [-0.1, -0.05) is 13.8 Å². The summed E-state index contributed by atoms with van der Waals surface area (Å²) in [5, 5.41) is 3.16. The van der Waals surface area contributed by atoms with Crippen LogP contribution >= 0.6 is 0 Å². The highest BCUT2D eigenvalue weighted by Crippen LogP contribution is 2.42. The third kappa shape index (κ3) is 1.91. The standard InChI is InChI=1S/C11H21NO3/c1-4-9(5-12-3)11-13-6-10(2,7-14-11)8-15-11/h9,12H,4-8H2,1-3H3. The Hall–Kier alpha value is -0.160. The fraction of sp³-hybridized carbons (Fsp3) is 1.00. The van der Waals surface area contributed by atoms with E-state index < -0.39 is 5.97 Å². The number of hydrogen-bond acceptors (Lipinski definition) is 4. The first kappa shape index (κ1) is 11.3. The van der Waals surface area contributed by atoms with Gasteiger partial charge in [0.25, 0.3) is 5.97 Å². The van der Waals surface area contributed by atoms with Crippen molar-refractivity contribution in [2.75, 3.05) is 33.4 Å². The van der Waals surface area contributed by atoms with E-state index in [0.717, 1.165) is 32.8 Å². The molecule has 1 atom stereocenters. The fourth-order valence-electron chi connectivity index (χ4n) is 2.19. The second kappa shape index (κ2) is 4.01. The predicted molar refractivity (Wildman–Crippen MR) is 56.4 cm³/mol. The Labute approximate surface area is 91.3 Å². The number of fused-ring (bicyclic) bond motifs is 3. The molecule has 2 bridgehead atoms. The second-order valence-electron chi connectivity index (χ2n) is 4.94. The van der Waals surface area contributed by atoms with Crippen LogP contribution in [0.2, 0.25) is 0 Å². The van der Waals surface area contributed by atoms with Crippen molar-refractivity contribution >= 4 is 0 Å². The van der Waals surface area contributed by atoms with E-state index >= 15 is 0 Å². The van der Waals surface area contributed by atoms with Crippen molar-refractivity contribution in [3.63, 3.8) is 0 Å². The van der Waals surface area contributed by atoms with E-state index in [1.54, 1.807) is 0 Å². The van der Waals surface area contributed by atoms with Gasteiger partial charge in [0.15, 0.2) is 0 Å². The highest BCUT2D eigenvalue weighted by atomic mass is 16.9. The summed E-state index contributed by atoms with van der Waals surface area (Å²) in [6.07, 6.45) is 0.984. The van der Waals surface area contributed by atoms with E-state index in [2.05, 4.69) is 19.2 Å². The molecular weight excluding hydrogens is 194 g/mol. The topological polar surface area (TPSA) is 39.7 Å². The Morgan fingerprint density at radius 1 is 1.20 bits per heavy atom. The molecule has 3 heterocycles. The van der Waals surface area contributed by atoms with Crippen LogP contribution in [0.15, 0.2) is 0 Å². The molecule has 0 aromatic carbocycles. The SMILES string of the molecule is CCC(CNC)C12OCC(C)(CO1)CO2. The third-order valence-electron chi connectivity index (χ3n) is 3.31. The molecule has 4 heteroatoms. The lowest BCUT2D eigenvalue weighted by Crippen LogP contribution is -2.63. The maximum atomic E-state index is 5.79. The summed E-state index contributed by atoms with van der Waals surface area (Å²) >= 11 is 0. The molecule has 1 N–H and O–H groups in total. The molecule has 0 aromatic heterocycles. The Morgan fingerprint density at radius 2 is 1.73 bits per heavy atom. The molecule has 3 saturated heterocycles. The molecule has 3 fully saturated rings. The number of rotatable bonds is 4. The van der Waals surface area contributed by atoms with Gasteiger partial charge in [-0.05, 0) is 13.5 Å². The molecule has 0 radical (unpaired) electrons. The molecule has 0 spiro atoms. The molecule has 0 aromatic rings. The number of nitrogens with one attached hydrogen (secondary N) is 1. The highest BCUT2D eigenvalue weighted by Gasteiger charge is 2.53.